The van der Waals surface area contributed by atoms with Crippen molar-refractivity contribution in [3.05, 3.63) is 188 Å². The summed E-state index contributed by atoms with van der Waals surface area (Å²) in [6.45, 7) is 2.43. The van der Waals surface area contributed by atoms with E-state index in [0.29, 0.717) is 12.2 Å². The molecule has 0 N–H and O–H groups in total. The van der Waals surface area contributed by atoms with Gasteiger partial charge in [0.15, 0.2) is 0 Å². The van der Waals surface area contributed by atoms with E-state index in [1.807, 2.05) is 121 Å². The van der Waals surface area contributed by atoms with Crippen LogP contribution in [-0.4, -0.2) is 41.7 Å². The van der Waals surface area contributed by atoms with E-state index in [1.54, 1.807) is 18.2 Å². The maximum Gasteiger partial charge on any atom is 0.296 e. The van der Waals surface area contributed by atoms with E-state index in [9.17, 15) is 14.9 Å². The third-order valence-corrected chi connectivity index (χ3v) is 9.47. The van der Waals surface area contributed by atoms with Gasteiger partial charge in [0.1, 0.15) is 30.5 Å². The molecule has 0 aliphatic carbocycles. The predicted octanol–water partition coefficient (Wildman–Crippen LogP) is 8.66. The monoisotopic (exact) mass is 735 g/mol. The molecule has 1 saturated heterocycles. The van der Waals surface area contributed by atoms with E-state index >= 15 is 0 Å². The van der Waals surface area contributed by atoms with Gasteiger partial charge in [-0.15, -0.1) is 0 Å². The third-order valence-electron chi connectivity index (χ3n) is 9.12. The number of benzene rings is 5. The maximum atomic E-state index is 12.5. The zero-order valence-electron chi connectivity index (χ0n) is 29.4. The quantitative estimate of drug-likeness (QED) is 0.0690. The van der Waals surface area contributed by atoms with Crippen molar-refractivity contribution < 1.29 is 33.4 Å². The van der Waals surface area contributed by atoms with Crippen LogP contribution < -0.4 is 0 Å². The normalized spacial score (nSPS) is 20.5. The molecule has 1 aliphatic rings. The number of nitro groups is 1. The standard InChI is InChI=1S/C43H42ClNO8/c1-30(46)39(45(47)48)36-24-35(22-23-37(36)44)40-42(51-27-33-18-10-4-11-19-33)43(52-28-34-20-12-5-13-21-34)41(50-26-32-16-8-3-9-17-32)38(53-40)29-49-25-31-14-6-2-7-15-31/h2-24,38-43H,25-29H2,1H3. The Morgan fingerprint density at radius 2 is 1.13 bits per heavy atom. The Balaban J connectivity index is 1.41. The van der Waals surface area contributed by atoms with Gasteiger partial charge in [0, 0.05) is 11.8 Å². The molecule has 0 saturated carbocycles. The fourth-order valence-corrected chi connectivity index (χ4v) is 6.71. The lowest BCUT2D eigenvalue weighted by molar-refractivity contribution is -0.513. The molecule has 0 spiro atoms. The summed E-state index contributed by atoms with van der Waals surface area (Å²) in [6.07, 6.45) is -3.63. The molecule has 6 rings (SSSR count). The number of carbonyl (C=O) groups is 1. The van der Waals surface area contributed by atoms with Crippen LogP contribution in [0, 0.1) is 10.1 Å². The highest BCUT2D eigenvalue weighted by atomic mass is 35.5. The summed E-state index contributed by atoms with van der Waals surface area (Å²) < 4.78 is 33.5. The summed E-state index contributed by atoms with van der Waals surface area (Å²) >= 11 is 6.53. The number of halogens is 1. The first-order chi connectivity index (χ1) is 25.9. The van der Waals surface area contributed by atoms with Crippen molar-refractivity contribution in [3.8, 4) is 0 Å². The SMILES string of the molecule is CC(=O)C(c1cc(C2OC(COCc3ccccc3)C(OCc3ccccc3)C(OCc3ccccc3)C2OCc2ccccc2)ccc1Cl)[N+](=O)[O-]. The Labute approximate surface area is 314 Å². The maximum absolute atomic E-state index is 12.5. The number of nitrogens with zero attached hydrogens (tertiary/aromatic N) is 1. The molecule has 274 valence electrons. The van der Waals surface area contributed by atoms with Gasteiger partial charge in [-0.05, 0) is 39.9 Å². The first-order valence-corrected chi connectivity index (χ1v) is 17.9. The van der Waals surface area contributed by atoms with E-state index in [-0.39, 0.29) is 37.0 Å². The lowest BCUT2D eigenvalue weighted by Gasteiger charge is -2.46. The molecule has 10 heteroatoms. The van der Waals surface area contributed by atoms with Crippen molar-refractivity contribution in [1.82, 2.24) is 0 Å². The molecule has 1 fully saturated rings. The molecular weight excluding hydrogens is 694 g/mol. The van der Waals surface area contributed by atoms with Gasteiger partial charge in [-0.3, -0.25) is 14.9 Å². The van der Waals surface area contributed by atoms with Crippen molar-refractivity contribution in [3.63, 3.8) is 0 Å². The Hall–Kier alpha value is -4.74. The highest BCUT2D eigenvalue weighted by Gasteiger charge is 2.49. The molecule has 53 heavy (non-hydrogen) atoms. The average Bonchev–Trinajstić information content (AvgIpc) is 3.18. The van der Waals surface area contributed by atoms with E-state index in [1.165, 1.54) is 6.92 Å². The second-order valence-corrected chi connectivity index (χ2v) is 13.4. The molecule has 6 atom stereocenters. The minimum absolute atomic E-state index is 0.0770. The van der Waals surface area contributed by atoms with Crippen molar-refractivity contribution in [2.75, 3.05) is 6.61 Å². The second-order valence-electron chi connectivity index (χ2n) is 13.0. The molecule has 1 heterocycles. The van der Waals surface area contributed by atoms with E-state index in [4.69, 9.17) is 35.3 Å². The van der Waals surface area contributed by atoms with Gasteiger partial charge >= 0.3 is 0 Å². The lowest BCUT2D eigenvalue weighted by Crippen LogP contribution is -2.58. The van der Waals surface area contributed by atoms with Gasteiger partial charge in [-0.2, -0.15) is 0 Å². The number of hydrogen-bond acceptors (Lipinski definition) is 8. The average molecular weight is 736 g/mol. The molecular formula is C43H42ClNO8. The summed E-state index contributed by atoms with van der Waals surface area (Å²) in [5.41, 5.74) is 4.48. The van der Waals surface area contributed by atoms with Crippen molar-refractivity contribution in [2.24, 2.45) is 0 Å². The van der Waals surface area contributed by atoms with Crippen molar-refractivity contribution in [2.45, 2.75) is 69.9 Å². The van der Waals surface area contributed by atoms with Crippen molar-refractivity contribution >= 4 is 17.4 Å². The first-order valence-electron chi connectivity index (χ1n) is 17.5. The summed E-state index contributed by atoms with van der Waals surface area (Å²) in [6, 6.07) is 42.5. The van der Waals surface area contributed by atoms with Crippen LogP contribution in [0.5, 0.6) is 0 Å². The summed E-state index contributed by atoms with van der Waals surface area (Å²) in [7, 11) is 0. The zero-order chi connectivity index (χ0) is 37.0. The molecule has 0 bridgehead atoms. The highest BCUT2D eigenvalue weighted by molar-refractivity contribution is 6.31. The second kappa shape index (κ2) is 18.8. The van der Waals surface area contributed by atoms with Crippen LogP contribution in [0.25, 0.3) is 0 Å². The molecule has 0 aromatic heterocycles. The molecule has 6 unspecified atom stereocenters. The van der Waals surface area contributed by atoms with E-state index in [2.05, 4.69) is 0 Å². The molecule has 1 aliphatic heterocycles. The number of ether oxygens (including phenoxy) is 5. The molecule has 0 amide bonds. The first kappa shape index (κ1) is 38.0. The molecule has 0 radical (unpaired) electrons. The van der Waals surface area contributed by atoms with Crippen LogP contribution in [0.3, 0.4) is 0 Å². The van der Waals surface area contributed by atoms with Gasteiger partial charge in [0.25, 0.3) is 6.04 Å². The number of rotatable bonds is 17. The topological polar surface area (TPSA) is 106 Å². The number of ketones is 1. The summed E-state index contributed by atoms with van der Waals surface area (Å²) in [5, 5.41) is 12.2. The fourth-order valence-electron chi connectivity index (χ4n) is 6.49. The fraction of sp³-hybridized carbons (Fsp3) is 0.279. The zero-order valence-corrected chi connectivity index (χ0v) is 30.1. The molecule has 9 nitrogen and oxygen atoms in total. The number of hydrogen-bond donors (Lipinski definition) is 0. The summed E-state index contributed by atoms with van der Waals surface area (Å²) in [4.78, 5) is 24.0. The van der Waals surface area contributed by atoms with Crippen LogP contribution in [0.4, 0.5) is 0 Å². The minimum Gasteiger partial charge on any atom is -0.374 e. The minimum atomic E-state index is -1.65. The molecule has 5 aromatic carbocycles. The Bertz CT molecular complexity index is 1880. The van der Waals surface area contributed by atoms with Gasteiger partial charge in [0.2, 0.25) is 5.78 Å². The number of Topliss-reactive ketones (excluding diaryl/α,β-unsaturated/α-hetero) is 1. The van der Waals surface area contributed by atoms with Crippen LogP contribution in [0.2, 0.25) is 5.02 Å². The summed E-state index contributed by atoms with van der Waals surface area (Å²) in [5.74, 6) is -0.638. The van der Waals surface area contributed by atoms with Crippen LogP contribution in [0.1, 0.15) is 52.5 Å². The van der Waals surface area contributed by atoms with Crippen LogP contribution >= 0.6 is 11.6 Å². The number of carbonyl (C=O) groups excluding carboxylic acids is 1. The lowest BCUT2D eigenvalue weighted by atomic mass is 9.89. The van der Waals surface area contributed by atoms with Gasteiger partial charge < -0.3 is 23.7 Å². The largest absolute Gasteiger partial charge is 0.374 e. The van der Waals surface area contributed by atoms with E-state index < -0.39 is 47.3 Å². The Kier molecular flexibility index (Phi) is 13.5. The van der Waals surface area contributed by atoms with Gasteiger partial charge in [-0.1, -0.05) is 139 Å². The molecule has 5 aromatic rings. The van der Waals surface area contributed by atoms with Gasteiger partial charge in [-0.25, -0.2) is 0 Å². The van der Waals surface area contributed by atoms with Crippen molar-refractivity contribution in [1.29, 1.82) is 0 Å². The van der Waals surface area contributed by atoms with Crippen LogP contribution in [-0.2, 0) is 54.9 Å². The van der Waals surface area contributed by atoms with Gasteiger partial charge in [0.05, 0.1) is 43.6 Å². The highest BCUT2D eigenvalue weighted by Crippen LogP contribution is 2.40. The predicted molar refractivity (Wildman–Crippen MR) is 201 cm³/mol. The smallest absolute Gasteiger partial charge is 0.296 e. The van der Waals surface area contributed by atoms with E-state index in [0.717, 1.165) is 22.3 Å². The Morgan fingerprint density at radius 3 is 1.60 bits per heavy atom. The third kappa shape index (κ3) is 10.2. The van der Waals surface area contributed by atoms with Crippen LogP contribution in [0.15, 0.2) is 140 Å². The Morgan fingerprint density at radius 1 is 0.679 bits per heavy atom.